The van der Waals surface area contributed by atoms with Crippen molar-refractivity contribution in [3.8, 4) is 0 Å². The molecule has 1 unspecified atom stereocenters. The second kappa shape index (κ2) is 8.97. The minimum Gasteiger partial charge on any atom is -0.381 e. The molecule has 0 radical (unpaired) electrons. The standard InChI is InChI=1S/C28H35N5O4/c1-27(9-10-27)22(17-4-3-5-17)23(32-24(34)21-8-13-29-33(21)2)25(35)30-18-6-7-19-20(16-18)31-26(36)28(19)11-14-37-15-12-28/h6-8,13,16-17,22-23H,3-5,9-12,14-15H2,1-2H3,(H,30,35)(H,31,36)(H,32,34)/t22?,23-/m0/s1. The van der Waals surface area contributed by atoms with Gasteiger partial charge in [-0.05, 0) is 66.7 Å². The Bertz CT molecular complexity index is 1240. The van der Waals surface area contributed by atoms with Crippen LogP contribution >= 0.6 is 0 Å². The Balaban J connectivity index is 1.27. The van der Waals surface area contributed by atoms with Crippen molar-refractivity contribution in [3.63, 3.8) is 0 Å². The number of carbonyl (C=O) groups excluding carboxylic acids is 3. The molecule has 2 aromatic rings. The van der Waals surface area contributed by atoms with E-state index in [-0.39, 0.29) is 29.1 Å². The lowest BCUT2D eigenvalue weighted by Crippen LogP contribution is -2.54. The fourth-order valence-electron chi connectivity index (χ4n) is 6.65. The van der Waals surface area contributed by atoms with E-state index in [0.29, 0.717) is 43.4 Å². The molecule has 1 aromatic heterocycles. The summed E-state index contributed by atoms with van der Waals surface area (Å²) in [7, 11) is 1.72. The van der Waals surface area contributed by atoms with Gasteiger partial charge >= 0.3 is 0 Å². The lowest BCUT2D eigenvalue weighted by molar-refractivity contribution is -0.124. The van der Waals surface area contributed by atoms with E-state index in [0.717, 1.165) is 36.9 Å². The molecule has 1 saturated heterocycles. The Kier molecular flexibility index (Phi) is 5.86. The number of ether oxygens (including phenoxy) is 1. The molecule has 0 bridgehead atoms. The first kappa shape index (κ1) is 24.2. The lowest BCUT2D eigenvalue weighted by Gasteiger charge is -2.42. The number of anilines is 2. The molecule has 3 N–H and O–H groups in total. The summed E-state index contributed by atoms with van der Waals surface area (Å²) in [4.78, 5) is 40.0. The molecule has 196 valence electrons. The zero-order chi connectivity index (χ0) is 25.8. The average Bonchev–Trinajstić information content (AvgIpc) is 3.35. The van der Waals surface area contributed by atoms with E-state index in [2.05, 4.69) is 28.0 Å². The largest absolute Gasteiger partial charge is 0.381 e. The van der Waals surface area contributed by atoms with Crippen molar-refractivity contribution in [1.82, 2.24) is 15.1 Å². The van der Waals surface area contributed by atoms with Gasteiger partial charge < -0.3 is 20.7 Å². The third kappa shape index (κ3) is 4.13. The molecule has 2 saturated carbocycles. The first-order chi connectivity index (χ1) is 17.8. The minimum absolute atomic E-state index is 0.00213. The number of benzene rings is 1. The van der Waals surface area contributed by atoms with Gasteiger partial charge in [0.1, 0.15) is 11.7 Å². The molecule has 2 aliphatic carbocycles. The molecular weight excluding hydrogens is 470 g/mol. The van der Waals surface area contributed by atoms with Crippen molar-refractivity contribution in [2.45, 2.75) is 63.3 Å². The summed E-state index contributed by atoms with van der Waals surface area (Å²) in [6.07, 6.45) is 8.36. The van der Waals surface area contributed by atoms with Gasteiger partial charge in [-0.1, -0.05) is 32.3 Å². The Hall–Kier alpha value is -3.20. The van der Waals surface area contributed by atoms with Gasteiger partial charge in [0.05, 0.1) is 5.41 Å². The van der Waals surface area contributed by atoms with Crippen LogP contribution in [0, 0.1) is 17.3 Å². The van der Waals surface area contributed by atoms with Gasteiger partial charge in [0, 0.05) is 37.8 Å². The van der Waals surface area contributed by atoms with Crippen molar-refractivity contribution < 1.29 is 19.1 Å². The Morgan fingerprint density at radius 3 is 2.54 bits per heavy atom. The monoisotopic (exact) mass is 505 g/mol. The normalized spacial score (nSPS) is 22.9. The van der Waals surface area contributed by atoms with E-state index >= 15 is 0 Å². The zero-order valence-corrected chi connectivity index (χ0v) is 21.5. The molecule has 4 aliphatic rings. The molecule has 37 heavy (non-hydrogen) atoms. The Morgan fingerprint density at radius 1 is 1.16 bits per heavy atom. The zero-order valence-electron chi connectivity index (χ0n) is 21.5. The second-order valence-electron chi connectivity index (χ2n) is 11.6. The van der Waals surface area contributed by atoms with E-state index in [4.69, 9.17) is 4.74 Å². The van der Waals surface area contributed by atoms with E-state index in [1.54, 1.807) is 19.3 Å². The number of carbonyl (C=O) groups is 3. The fourth-order valence-corrected chi connectivity index (χ4v) is 6.65. The van der Waals surface area contributed by atoms with E-state index in [9.17, 15) is 14.4 Å². The van der Waals surface area contributed by atoms with Crippen LogP contribution in [0.25, 0.3) is 0 Å². The van der Waals surface area contributed by atoms with Crippen LogP contribution in [0.5, 0.6) is 0 Å². The number of aromatic nitrogens is 2. The van der Waals surface area contributed by atoms with E-state index in [1.807, 2.05) is 18.2 Å². The smallest absolute Gasteiger partial charge is 0.270 e. The van der Waals surface area contributed by atoms with Crippen LogP contribution in [-0.2, 0) is 26.8 Å². The minimum atomic E-state index is -0.662. The number of rotatable bonds is 7. The molecule has 3 amide bonds. The van der Waals surface area contributed by atoms with E-state index < -0.39 is 11.5 Å². The fraction of sp³-hybridized carbons (Fsp3) is 0.571. The molecule has 3 fully saturated rings. The predicted octanol–water partition coefficient (Wildman–Crippen LogP) is 3.37. The molecule has 2 atom stereocenters. The SMILES string of the molecule is Cn1nccc1C(=O)N[C@H](C(=O)Nc1ccc2c(c1)NC(=O)C21CCOCC1)C(C1CCC1)C1(C)CC1. The number of hydrogen-bond donors (Lipinski definition) is 3. The Morgan fingerprint density at radius 2 is 1.92 bits per heavy atom. The summed E-state index contributed by atoms with van der Waals surface area (Å²) in [6.45, 7) is 3.36. The summed E-state index contributed by atoms with van der Waals surface area (Å²) in [5, 5.41) is 13.3. The molecule has 1 spiro atoms. The van der Waals surface area contributed by atoms with Crippen LogP contribution in [-0.4, -0.2) is 46.8 Å². The molecule has 9 nitrogen and oxygen atoms in total. The van der Waals surface area contributed by atoms with Crippen LogP contribution in [0.1, 0.15) is 67.9 Å². The highest BCUT2D eigenvalue weighted by Gasteiger charge is 2.54. The number of fused-ring (bicyclic) bond motifs is 2. The number of nitrogens with one attached hydrogen (secondary N) is 3. The van der Waals surface area contributed by atoms with Crippen LogP contribution in [0.15, 0.2) is 30.5 Å². The van der Waals surface area contributed by atoms with Gasteiger partial charge in [0.15, 0.2) is 0 Å². The van der Waals surface area contributed by atoms with Gasteiger partial charge in [0.2, 0.25) is 11.8 Å². The van der Waals surface area contributed by atoms with Gasteiger partial charge in [-0.3, -0.25) is 19.1 Å². The van der Waals surface area contributed by atoms with Crippen LogP contribution in [0.4, 0.5) is 11.4 Å². The highest BCUT2D eigenvalue weighted by molar-refractivity contribution is 6.07. The third-order valence-corrected chi connectivity index (χ3v) is 9.31. The maximum atomic E-state index is 13.9. The first-order valence-electron chi connectivity index (χ1n) is 13.4. The van der Waals surface area contributed by atoms with Crippen molar-refractivity contribution in [3.05, 3.63) is 41.7 Å². The van der Waals surface area contributed by atoms with Crippen LogP contribution < -0.4 is 16.0 Å². The molecule has 2 aliphatic heterocycles. The highest BCUT2D eigenvalue weighted by Crippen LogP contribution is 2.58. The second-order valence-corrected chi connectivity index (χ2v) is 11.6. The summed E-state index contributed by atoms with van der Waals surface area (Å²) in [6, 6.07) is 6.66. The number of hydrogen-bond acceptors (Lipinski definition) is 5. The summed E-state index contributed by atoms with van der Waals surface area (Å²) in [5.74, 6) is -0.0230. The number of nitrogens with zero attached hydrogens (tertiary/aromatic N) is 2. The van der Waals surface area contributed by atoms with Gasteiger partial charge in [0.25, 0.3) is 5.91 Å². The maximum absolute atomic E-state index is 13.9. The lowest BCUT2D eigenvalue weighted by atomic mass is 9.66. The Labute approximate surface area is 216 Å². The van der Waals surface area contributed by atoms with Crippen LogP contribution in [0.3, 0.4) is 0 Å². The number of amides is 3. The summed E-state index contributed by atoms with van der Waals surface area (Å²) in [5.41, 5.74) is 2.25. The molecular formula is C28H35N5O4. The molecule has 3 heterocycles. The quantitative estimate of drug-likeness (QED) is 0.534. The molecule has 6 rings (SSSR count). The third-order valence-electron chi connectivity index (χ3n) is 9.31. The van der Waals surface area contributed by atoms with Crippen molar-refractivity contribution in [1.29, 1.82) is 0 Å². The summed E-state index contributed by atoms with van der Waals surface area (Å²) >= 11 is 0. The number of aryl methyl sites for hydroxylation is 1. The first-order valence-corrected chi connectivity index (χ1v) is 13.4. The maximum Gasteiger partial charge on any atom is 0.270 e. The van der Waals surface area contributed by atoms with Gasteiger partial charge in [-0.25, -0.2) is 0 Å². The average molecular weight is 506 g/mol. The van der Waals surface area contributed by atoms with Crippen molar-refractivity contribution >= 4 is 29.1 Å². The molecule has 9 heteroatoms. The van der Waals surface area contributed by atoms with Crippen LogP contribution in [0.2, 0.25) is 0 Å². The predicted molar refractivity (Wildman–Crippen MR) is 138 cm³/mol. The molecule has 1 aromatic carbocycles. The summed E-state index contributed by atoms with van der Waals surface area (Å²) < 4.78 is 7.02. The van der Waals surface area contributed by atoms with Crippen molar-refractivity contribution in [2.75, 3.05) is 23.8 Å². The highest BCUT2D eigenvalue weighted by atomic mass is 16.5. The van der Waals surface area contributed by atoms with Gasteiger partial charge in [-0.2, -0.15) is 5.10 Å². The van der Waals surface area contributed by atoms with E-state index in [1.165, 1.54) is 11.1 Å². The van der Waals surface area contributed by atoms with Crippen molar-refractivity contribution in [2.24, 2.45) is 24.3 Å². The topological polar surface area (TPSA) is 114 Å². The van der Waals surface area contributed by atoms with Gasteiger partial charge in [-0.15, -0.1) is 0 Å².